The molecule has 1 aromatic rings. The maximum Gasteiger partial charge on any atom is 0.326 e. The van der Waals surface area contributed by atoms with Crippen LogP contribution < -0.4 is 10.1 Å². The van der Waals surface area contributed by atoms with Crippen molar-refractivity contribution < 1.29 is 19.4 Å². The highest BCUT2D eigenvalue weighted by Gasteiger charge is 2.23. The molecule has 1 aromatic carbocycles. The Hall–Kier alpha value is -2.04. The van der Waals surface area contributed by atoms with E-state index >= 15 is 0 Å². The van der Waals surface area contributed by atoms with Gasteiger partial charge in [0.1, 0.15) is 11.8 Å². The zero-order valence-corrected chi connectivity index (χ0v) is 13.0. The Bertz CT molecular complexity index is 491. The van der Waals surface area contributed by atoms with E-state index in [9.17, 15) is 9.59 Å². The van der Waals surface area contributed by atoms with Gasteiger partial charge in [0.15, 0.2) is 0 Å². The van der Waals surface area contributed by atoms with Gasteiger partial charge in [-0.05, 0) is 43.0 Å². The normalized spacial score (nSPS) is 12.0. The van der Waals surface area contributed by atoms with Crippen molar-refractivity contribution in [3.63, 3.8) is 0 Å². The highest BCUT2D eigenvalue weighted by Crippen LogP contribution is 2.16. The van der Waals surface area contributed by atoms with Gasteiger partial charge >= 0.3 is 5.97 Å². The molecule has 0 aliphatic heterocycles. The molecule has 0 saturated carbocycles. The summed E-state index contributed by atoms with van der Waals surface area (Å²) < 4.78 is 5.53. The second-order valence-electron chi connectivity index (χ2n) is 5.55. The van der Waals surface area contributed by atoms with Gasteiger partial charge in [-0.3, -0.25) is 4.79 Å². The van der Waals surface area contributed by atoms with Gasteiger partial charge in [-0.25, -0.2) is 4.79 Å². The van der Waals surface area contributed by atoms with Crippen molar-refractivity contribution in [1.82, 2.24) is 5.32 Å². The van der Waals surface area contributed by atoms with Crippen LogP contribution in [0.2, 0.25) is 0 Å². The molecule has 2 N–H and O–H groups in total. The molecule has 1 amide bonds. The molecule has 0 aromatic heterocycles. The molecule has 0 spiro atoms. The molecule has 0 heterocycles. The fourth-order valence-corrected chi connectivity index (χ4v) is 2.04. The van der Waals surface area contributed by atoms with Crippen LogP contribution >= 0.6 is 0 Å². The smallest absolute Gasteiger partial charge is 0.326 e. The van der Waals surface area contributed by atoms with E-state index in [1.807, 2.05) is 32.0 Å². The molecule has 1 atom stereocenters. The van der Waals surface area contributed by atoms with Crippen LogP contribution in [0.1, 0.15) is 31.4 Å². The first-order chi connectivity index (χ1) is 9.79. The van der Waals surface area contributed by atoms with E-state index in [1.54, 1.807) is 13.8 Å². The zero-order chi connectivity index (χ0) is 16.0. The number of carbonyl (C=O) groups is 2. The minimum Gasteiger partial charge on any atom is -0.493 e. The molecule has 21 heavy (non-hydrogen) atoms. The molecule has 5 heteroatoms. The summed E-state index contributed by atoms with van der Waals surface area (Å²) in [5, 5.41) is 11.5. The maximum atomic E-state index is 11.7. The lowest BCUT2D eigenvalue weighted by molar-refractivity contribution is -0.143. The van der Waals surface area contributed by atoms with Crippen LogP contribution in [0.4, 0.5) is 0 Å². The third kappa shape index (κ3) is 5.85. The Balaban J connectivity index is 2.44. The zero-order valence-electron chi connectivity index (χ0n) is 13.0. The predicted molar refractivity (Wildman–Crippen MR) is 80.4 cm³/mol. The number of amides is 1. The second-order valence-corrected chi connectivity index (χ2v) is 5.55. The van der Waals surface area contributed by atoms with Gasteiger partial charge in [0.05, 0.1) is 13.0 Å². The Morgan fingerprint density at radius 3 is 2.24 bits per heavy atom. The van der Waals surface area contributed by atoms with E-state index < -0.39 is 12.0 Å². The number of rotatable bonds is 7. The predicted octanol–water partition coefficient (Wildman–Crippen LogP) is 2.30. The number of ether oxygens (including phenoxy) is 1. The number of carboxylic acid groups (broad SMARTS) is 1. The number of aryl methyl sites for hydroxylation is 2. The number of hydrogen-bond acceptors (Lipinski definition) is 3. The van der Waals surface area contributed by atoms with E-state index in [2.05, 4.69) is 5.32 Å². The van der Waals surface area contributed by atoms with Gasteiger partial charge in [-0.1, -0.05) is 19.9 Å². The molecular formula is C16H23NO4. The summed E-state index contributed by atoms with van der Waals surface area (Å²) in [6, 6.07) is 4.98. The minimum absolute atomic E-state index is 0.128. The van der Waals surface area contributed by atoms with Crippen LogP contribution in [0.5, 0.6) is 5.75 Å². The second kappa shape index (κ2) is 7.67. The van der Waals surface area contributed by atoms with Crippen molar-refractivity contribution in [1.29, 1.82) is 0 Å². The summed E-state index contributed by atoms with van der Waals surface area (Å²) in [4.78, 5) is 22.7. The van der Waals surface area contributed by atoms with Crippen molar-refractivity contribution in [3.8, 4) is 5.75 Å². The van der Waals surface area contributed by atoms with Crippen LogP contribution in [0, 0.1) is 19.8 Å². The van der Waals surface area contributed by atoms with Crippen LogP contribution in [0.3, 0.4) is 0 Å². The molecule has 1 rings (SSSR count). The van der Waals surface area contributed by atoms with Crippen LogP contribution in [-0.2, 0) is 9.59 Å². The van der Waals surface area contributed by atoms with Crippen LogP contribution in [0.25, 0.3) is 0 Å². The highest BCUT2D eigenvalue weighted by atomic mass is 16.5. The molecule has 0 aliphatic rings. The topological polar surface area (TPSA) is 75.6 Å². The first kappa shape index (κ1) is 17.0. The quantitative estimate of drug-likeness (QED) is 0.809. The van der Waals surface area contributed by atoms with Gasteiger partial charge < -0.3 is 15.2 Å². The van der Waals surface area contributed by atoms with Crippen molar-refractivity contribution in [2.75, 3.05) is 6.61 Å². The maximum absolute atomic E-state index is 11.7. The molecule has 0 radical (unpaired) electrons. The standard InChI is InChI=1S/C16H23NO4/c1-10(2)15(16(19)20)17-14(18)5-6-21-13-8-11(3)7-12(4)9-13/h7-10,15H,5-6H2,1-4H3,(H,17,18)(H,19,20)/t15-/m0/s1. The van der Waals surface area contributed by atoms with Crippen molar-refractivity contribution in [2.24, 2.45) is 5.92 Å². The Morgan fingerprint density at radius 2 is 1.76 bits per heavy atom. The first-order valence-corrected chi connectivity index (χ1v) is 7.03. The van der Waals surface area contributed by atoms with Crippen molar-refractivity contribution in [2.45, 2.75) is 40.2 Å². The molecule has 0 unspecified atom stereocenters. The average Bonchev–Trinajstić information content (AvgIpc) is 2.34. The first-order valence-electron chi connectivity index (χ1n) is 7.03. The molecular weight excluding hydrogens is 270 g/mol. The Labute approximate surface area is 125 Å². The molecule has 5 nitrogen and oxygen atoms in total. The largest absolute Gasteiger partial charge is 0.493 e. The fraction of sp³-hybridized carbons (Fsp3) is 0.500. The fourth-order valence-electron chi connectivity index (χ4n) is 2.04. The summed E-state index contributed by atoms with van der Waals surface area (Å²) in [5.74, 6) is -0.778. The SMILES string of the molecule is Cc1cc(C)cc(OCCC(=O)N[C@H](C(=O)O)C(C)C)c1. The number of carboxylic acids is 1. The number of carbonyl (C=O) groups excluding carboxylic acids is 1. The van der Waals surface area contributed by atoms with E-state index in [0.29, 0.717) is 0 Å². The minimum atomic E-state index is -1.02. The summed E-state index contributed by atoms with van der Waals surface area (Å²) in [5.41, 5.74) is 2.19. The van der Waals surface area contributed by atoms with Gasteiger partial charge in [0.2, 0.25) is 5.91 Å². The third-order valence-electron chi connectivity index (χ3n) is 3.04. The number of nitrogens with one attached hydrogen (secondary N) is 1. The molecule has 0 fully saturated rings. The molecule has 0 aliphatic carbocycles. The molecule has 0 bridgehead atoms. The third-order valence-corrected chi connectivity index (χ3v) is 3.04. The highest BCUT2D eigenvalue weighted by molar-refractivity contribution is 5.83. The lowest BCUT2D eigenvalue weighted by Gasteiger charge is -2.18. The summed E-state index contributed by atoms with van der Waals surface area (Å²) in [6.45, 7) is 7.69. The monoisotopic (exact) mass is 293 g/mol. The van der Waals surface area contributed by atoms with E-state index in [0.717, 1.165) is 16.9 Å². The summed E-state index contributed by atoms with van der Waals surface area (Å²) >= 11 is 0. The van der Waals surface area contributed by atoms with Gasteiger partial charge in [0, 0.05) is 0 Å². The van der Waals surface area contributed by atoms with E-state index in [1.165, 1.54) is 0 Å². The average molecular weight is 293 g/mol. The van der Waals surface area contributed by atoms with Gasteiger partial charge in [0.25, 0.3) is 0 Å². The van der Waals surface area contributed by atoms with Gasteiger partial charge in [-0.15, -0.1) is 0 Å². The Kier molecular flexibility index (Phi) is 6.21. The summed E-state index contributed by atoms with van der Waals surface area (Å²) in [6.07, 6.45) is 0.128. The Morgan fingerprint density at radius 1 is 1.19 bits per heavy atom. The van der Waals surface area contributed by atoms with Crippen molar-refractivity contribution in [3.05, 3.63) is 29.3 Å². The number of aliphatic carboxylic acids is 1. The lowest BCUT2D eigenvalue weighted by Crippen LogP contribution is -2.44. The van der Waals surface area contributed by atoms with Crippen LogP contribution in [-0.4, -0.2) is 29.6 Å². The van der Waals surface area contributed by atoms with E-state index in [4.69, 9.17) is 9.84 Å². The van der Waals surface area contributed by atoms with E-state index in [-0.39, 0.29) is 24.9 Å². The number of benzene rings is 1. The van der Waals surface area contributed by atoms with Crippen molar-refractivity contribution >= 4 is 11.9 Å². The number of hydrogen-bond donors (Lipinski definition) is 2. The van der Waals surface area contributed by atoms with Crippen LogP contribution in [0.15, 0.2) is 18.2 Å². The molecule has 0 saturated heterocycles. The summed E-state index contributed by atoms with van der Waals surface area (Å²) in [7, 11) is 0. The lowest BCUT2D eigenvalue weighted by atomic mass is 10.0. The molecule has 116 valence electrons. The van der Waals surface area contributed by atoms with Gasteiger partial charge in [-0.2, -0.15) is 0 Å².